The van der Waals surface area contributed by atoms with Crippen LogP contribution in [0.3, 0.4) is 0 Å². The fourth-order valence-electron chi connectivity index (χ4n) is 1.20. The van der Waals surface area contributed by atoms with Crippen LogP contribution in [0.15, 0.2) is 30.3 Å². The van der Waals surface area contributed by atoms with Crippen LogP contribution < -0.4 is 5.32 Å². The van der Waals surface area contributed by atoms with Gasteiger partial charge in [-0.1, -0.05) is 30.3 Å². The number of ether oxygens (including phenoxy) is 1. The molecule has 0 radical (unpaired) electrons. The van der Waals surface area contributed by atoms with Crippen molar-refractivity contribution in [3.8, 4) is 0 Å². The maximum absolute atomic E-state index is 5.66. The number of alkyl halides is 1. The number of rotatable bonds is 7. The van der Waals surface area contributed by atoms with Gasteiger partial charge in [-0.25, -0.2) is 0 Å². The zero-order valence-electron chi connectivity index (χ0n) is 9.08. The van der Waals surface area contributed by atoms with Crippen molar-refractivity contribution in [2.45, 2.75) is 19.6 Å². The molecule has 0 saturated heterocycles. The highest BCUT2D eigenvalue weighted by molar-refractivity contribution is 6.18. The molecule has 1 rings (SSSR count). The Morgan fingerprint density at radius 1 is 1.33 bits per heavy atom. The minimum Gasteiger partial charge on any atom is -0.375 e. The molecule has 1 N–H and O–H groups in total. The first-order valence-electron chi connectivity index (χ1n) is 5.24. The van der Waals surface area contributed by atoms with Gasteiger partial charge in [0.25, 0.3) is 0 Å². The molecule has 1 aromatic carbocycles. The number of halogens is 1. The molecule has 0 spiro atoms. The first-order valence-corrected chi connectivity index (χ1v) is 5.77. The summed E-state index contributed by atoms with van der Waals surface area (Å²) in [5, 5.41) is 3.26. The minimum absolute atomic E-state index is 0.354. The van der Waals surface area contributed by atoms with E-state index in [2.05, 4.69) is 24.4 Å². The Bertz CT molecular complexity index is 253. The lowest BCUT2D eigenvalue weighted by Crippen LogP contribution is -2.30. The molecule has 0 saturated carbocycles. The molecule has 1 aromatic rings. The molecule has 15 heavy (non-hydrogen) atoms. The van der Waals surface area contributed by atoms with E-state index in [0.717, 1.165) is 13.2 Å². The second kappa shape index (κ2) is 7.69. The van der Waals surface area contributed by atoms with Crippen molar-refractivity contribution in [3.05, 3.63) is 35.9 Å². The molecule has 0 aliphatic carbocycles. The van der Waals surface area contributed by atoms with Crippen LogP contribution in [0.25, 0.3) is 0 Å². The van der Waals surface area contributed by atoms with E-state index in [4.69, 9.17) is 16.3 Å². The molecule has 0 amide bonds. The molecule has 1 unspecified atom stereocenters. The highest BCUT2D eigenvalue weighted by Gasteiger charge is 1.97. The van der Waals surface area contributed by atoms with E-state index in [0.29, 0.717) is 18.5 Å². The molecule has 3 heteroatoms. The summed E-state index contributed by atoms with van der Waals surface area (Å²) in [6.45, 7) is 4.30. The quantitative estimate of drug-likeness (QED) is 0.571. The molecule has 0 aliphatic rings. The predicted octanol–water partition coefficient (Wildman–Crippen LogP) is 2.42. The van der Waals surface area contributed by atoms with Gasteiger partial charge in [-0.2, -0.15) is 0 Å². The third-order valence-corrected chi connectivity index (χ3v) is 2.55. The van der Waals surface area contributed by atoms with Gasteiger partial charge in [-0.15, -0.1) is 11.6 Å². The Morgan fingerprint density at radius 2 is 2.07 bits per heavy atom. The molecular formula is C12H18ClNO. The van der Waals surface area contributed by atoms with E-state index in [-0.39, 0.29) is 0 Å². The van der Waals surface area contributed by atoms with Crippen LogP contribution in [0, 0.1) is 0 Å². The van der Waals surface area contributed by atoms with Gasteiger partial charge in [-0.3, -0.25) is 0 Å². The first kappa shape index (κ1) is 12.5. The summed E-state index contributed by atoms with van der Waals surface area (Å²) in [6.07, 6.45) is 0. The fraction of sp³-hybridized carbons (Fsp3) is 0.500. The zero-order valence-corrected chi connectivity index (χ0v) is 9.83. The van der Waals surface area contributed by atoms with E-state index >= 15 is 0 Å². The second-order valence-electron chi connectivity index (χ2n) is 3.55. The number of hydrogen-bond acceptors (Lipinski definition) is 2. The molecule has 0 aromatic heterocycles. The van der Waals surface area contributed by atoms with Crippen molar-refractivity contribution < 1.29 is 4.74 Å². The first-order chi connectivity index (χ1) is 7.33. The van der Waals surface area contributed by atoms with E-state index in [9.17, 15) is 0 Å². The van der Waals surface area contributed by atoms with Crippen LogP contribution >= 0.6 is 11.6 Å². The smallest absolute Gasteiger partial charge is 0.0717 e. The third kappa shape index (κ3) is 5.78. The SMILES string of the molecule is CC(CCl)NCCOCc1ccccc1. The summed E-state index contributed by atoms with van der Waals surface area (Å²) in [5.74, 6) is 0.638. The molecule has 0 aliphatic heterocycles. The van der Waals surface area contributed by atoms with E-state index in [1.54, 1.807) is 0 Å². The van der Waals surface area contributed by atoms with Crippen LogP contribution in [-0.4, -0.2) is 25.1 Å². The molecule has 84 valence electrons. The van der Waals surface area contributed by atoms with Gasteiger partial charge in [0.1, 0.15) is 0 Å². The average Bonchev–Trinajstić information content (AvgIpc) is 2.29. The van der Waals surface area contributed by atoms with Crippen molar-refractivity contribution >= 4 is 11.6 Å². The predicted molar refractivity (Wildman–Crippen MR) is 64.3 cm³/mol. The Hall–Kier alpha value is -0.570. The van der Waals surface area contributed by atoms with Gasteiger partial charge in [0.05, 0.1) is 13.2 Å². The summed E-state index contributed by atoms with van der Waals surface area (Å²) >= 11 is 5.66. The molecule has 1 atom stereocenters. The number of nitrogens with one attached hydrogen (secondary N) is 1. The van der Waals surface area contributed by atoms with Gasteiger partial charge in [-0.05, 0) is 12.5 Å². The highest BCUT2D eigenvalue weighted by atomic mass is 35.5. The summed E-state index contributed by atoms with van der Waals surface area (Å²) < 4.78 is 5.51. The summed E-state index contributed by atoms with van der Waals surface area (Å²) in [4.78, 5) is 0. The van der Waals surface area contributed by atoms with Crippen molar-refractivity contribution in [1.82, 2.24) is 5.32 Å². The minimum atomic E-state index is 0.354. The average molecular weight is 228 g/mol. The maximum Gasteiger partial charge on any atom is 0.0717 e. The number of benzene rings is 1. The summed E-state index contributed by atoms with van der Waals surface area (Å²) in [7, 11) is 0. The van der Waals surface area contributed by atoms with Gasteiger partial charge in [0.15, 0.2) is 0 Å². The molecule has 0 bridgehead atoms. The lowest BCUT2D eigenvalue weighted by Gasteiger charge is -2.10. The topological polar surface area (TPSA) is 21.3 Å². The molecule has 0 fully saturated rings. The largest absolute Gasteiger partial charge is 0.375 e. The fourth-order valence-corrected chi connectivity index (χ4v) is 1.31. The van der Waals surface area contributed by atoms with Crippen molar-refractivity contribution in [3.63, 3.8) is 0 Å². The zero-order chi connectivity index (χ0) is 10.9. The second-order valence-corrected chi connectivity index (χ2v) is 3.86. The van der Waals surface area contributed by atoms with Gasteiger partial charge < -0.3 is 10.1 Å². The molecule has 0 heterocycles. The molecular weight excluding hydrogens is 210 g/mol. The lowest BCUT2D eigenvalue weighted by molar-refractivity contribution is 0.121. The van der Waals surface area contributed by atoms with Crippen molar-refractivity contribution in [2.75, 3.05) is 19.0 Å². The standard InChI is InChI=1S/C12H18ClNO/c1-11(9-13)14-7-8-15-10-12-5-3-2-4-6-12/h2-6,11,14H,7-10H2,1H3. The number of hydrogen-bond donors (Lipinski definition) is 1. The lowest BCUT2D eigenvalue weighted by atomic mass is 10.2. The summed E-state index contributed by atoms with van der Waals surface area (Å²) in [6, 6.07) is 10.5. The van der Waals surface area contributed by atoms with Crippen LogP contribution in [0.1, 0.15) is 12.5 Å². The Labute approximate surface area is 96.6 Å². The van der Waals surface area contributed by atoms with E-state index in [1.807, 2.05) is 18.2 Å². The van der Waals surface area contributed by atoms with E-state index < -0.39 is 0 Å². The maximum atomic E-state index is 5.66. The highest BCUT2D eigenvalue weighted by Crippen LogP contribution is 1.99. The normalized spacial score (nSPS) is 12.7. The Balaban J connectivity index is 2.03. The van der Waals surface area contributed by atoms with Gasteiger partial charge >= 0.3 is 0 Å². The van der Waals surface area contributed by atoms with Gasteiger partial charge in [0, 0.05) is 18.5 Å². The van der Waals surface area contributed by atoms with Crippen LogP contribution in [0.4, 0.5) is 0 Å². The molecule has 2 nitrogen and oxygen atoms in total. The Kier molecular flexibility index (Phi) is 6.41. The van der Waals surface area contributed by atoms with Gasteiger partial charge in [0.2, 0.25) is 0 Å². The third-order valence-electron chi connectivity index (χ3n) is 2.08. The van der Waals surface area contributed by atoms with Crippen molar-refractivity contribution in [1.29, 1.82) is 0 Å². The summed E-state index contributed by atoms with van der Waals surface area (Å²) in [5.41, 5.74) is 1.21. The van der Waals surface area contributed by atoms with E-state index in [1.165, 1.54) is 5.56 Å². The van der Waals surface area contributed by atoms with Crippen LogP contribution in [0.2, 0.25) is 0 Å². The van der Waals surface area contributed by atoms with Crippen LogP contribution in [-0.2, 0) is 11.3 Å². The van der Waals surface area contributed by atoms with Crippen molar-refractivity contribution in [2.24, 2.45) is 0 Å². The monoisotopic (exact) mass is 227 g/mol. The Morgan fingerprint density at radius 3 is 2.73 bits per heavy atom. The van der Waals surface area contributed by atoms with Crippen LogP contribution in [0.5, 0.6) is 0 Å².